The third-order valence-corrected chi connectivity index (χ3v) is 2.97. The zero-order chi connectivity index (χ0) is 9.68. The van der Waals surface area contributed by atoms with Crippen molar-refractivity contribution < 1.29 is 9.53 Å². The Balaban J connectivity index is 2.49. The van der Waals surface area contributed by atoms with Crippen molar-refractivity contribution in [3.05, 3.63) is 35.9 Å². The molecule has 1 aromatic carbocycles. The molecule has 0 bridgehead atoms. The van der Waals surface area contributed by atoms with Gasteiger partial charge in [0.05, 0.1) is 0 Å². The van der Waals surface area contributed by atoms with E-state index in [1.807, 2.05) is 30.3 Å². The average molecular weight is 290 g/mol. The second-order valence-electron chi connectivity index (χ2n) is 2.47. The van der Waals surface area contributed by atoms with E-state index in [4.69, 9.17) is 4.74 Å². The van der Waals surface area contributed by atoms with Crippen LogP contribution in [0.1, 0.15) is 5.56 Å². The van der Waals surface area contributed by atoms with Crippen LogP contribution in [0, 0.1) is 0 Å². The van der Waals surface area contributed by atoms with Crippen LogP contribution < -0.4 is 0 Å². The third kappa shape index (κ3) is 3.59. The lowest BCUT2D eigenvalue weighted by atomic mass is 10.2. The maximum absolute atomic E-state index is 11.0. The van der Waals surface area contributed by atoms with Crippen LogP contribution in [0.4, 0.5) is 4.79 Å². The maximum atomic E-state index is 11.0. The topological polar surface area (TPSA) is 26.3 Å². The van der Waals surface area contributed by atoms with Crippen molar-refractivity contribution in [2.45, 2.75) is 6.61 Å². The smallest absolute Gasteiger partial charge is 0.355 e. The summed E-state index contributed by atoms with van der Waals surface area (Å²) in [5.41, 5.74) is 0.994. The number of hydrogen-bond acceptors (Lipinski definition) is 2. The van der Waals surface area contributed by atoms with E-state index in [0.29, 0.717) is 6.61 Å². The zero-order valence-electron chi connectivity index (χ0n) is 7.20. The van der Waals surface area contributed by atoms with Crippen LogP contribution in [0.5, 0.6) is 0 Å². The first-order valence-corrected chi connectivity index (χ1v) is 7.81. The molecule has 0 amide bonds. The quantitative estimate of drug-likeness (QED) is 0.632. The summed E-state index contributed by atoms with van der Waals surface area (Å²) in [4.78, 5) is 11.0. The Hall–Kier alpha value is -0.840. The summed E-state index contributed by atoms with van der Waals surface area (Å²) >= 11 is -1.92. The van der Waals surface area contributed by atoms with Gasteiger partial charge in [0.15, 0.2) is 0 Å². The van der Waals surface area contributed by atoms with Gasteiger partial charge in [-0.1, -0.05) is 39.4 Å². The van der Waals surface area contributed by atoms with Crippen molar-refractivity contribution in [3.8, 4) is 0 Å². The molecular weight excluding hydrogens is 279 g/mol. The van der Waals surface area contributed by atoms with E-state index >= 15 is 0 Å². The van der Waals surface area contributed by atoms with Gasteiger partial charge in [0.1, 0.15) is 6.61 Å². The van der Waals surface area contributed by atoms with Crippen LogP contribution in [-0.4, -0.2) is 13.0 Å². The van der Waals surface area contributed by atoms with E-state index in [1.54, 1.807) is 0 Å². The summed E-state index contributed by atoms with van der Waals surface area (Å²) in [6, 6.07) is 9.57. The molecule has 0 N–H and O–H groups in total. The molecule has 0 aliphatic carbocycles. The van der Waals surface area contributed by atoms with E-state index in [0.717, 1.165) is 5.56 Å². The standard InChI is InChI=1S/C10H11IO2/c1-11(2)10(12)13-8-9-6-4-3-5-7-9/h3-7H,1-2,8H2. The van der Waals surface area contributed by atoms with Gasteiger partial charge >= 0.3 is 3.98 Å². The fourth-order valence-electron chi connectivity index (χ4n) is 0.791. The van der Waals surface area contributed by atoms with Crippen LogP contribution in [-0.2, 0) is 11.3 Å². The van der Waals surface area contributed by atoms with Crippen molar-refractivity contribution in [1.29, 1.82) is 0 Å². The average Bonchev–Trinajstić information content (AvgIpc) is 2.15. The fourth-order valence-corrected chi connectivity index (χ4v) is 1.39. The number of rotatable bonds is 3. The highest BCUT2D eigenvalue weighted by Crippen LogP contribution is 2.10. The van der Waals surface area contributed by atoms with Crippen LogP contribution in [0.25, 0.3) is 0 Å². The Morgan fingerprint density at radius 1 is 1.31 bits per heavy atom. The van der Waals surface area contributed by atoms with Gasteiger partial charge in [-0.05, 0) is 24.4 Å². The molecule has 0 aliphatic rings. The van der Waals surface area contributed by atoms with Crippen molar-refractivity contribution in [2.75, 3.05) is 0 Å². The molecule has 2 nitrogen and oxygen atoms in total. The van der Waals surface area contributed by atoms with Crippen molar-refractivity contribution in [1.82, 2.24) is 0 Å². The number of benzene rings is 1. The van der Waals surface area contributed by atoms with Crippen molar-refractivity contribution >= 4 is 31.9 Å². The molecule has 0 aromatic heterocycles. The minimum Gasteiger partial charge on any atom is -0.454 e. The van der Waals surface area contributed by atoms with Gasteiger partial charge in [0.2, 0.25) is 0 Å². The highest BCUT2D eigenvalue weighted by molar-refractivity contribution is 14.2. The molecule has 0 saturated heterocycles. The van der Waals surface area contributed by atoms with Gasteiger partial charge in [0.25, 0.3) is 0 Å². The molecule has 1 aromatic rings. The second-order valence-corrected chi connectivity index (χ2v) is 5.95. The Labute approximate surface area is 83.9 Å². The van der Waals surface area contributed by atoms with Crippen LogP contribution in [0.3, 0.4) is 0 Å². The fraction of sp³-hybridized carbons (Fsp3) is 0.100. The summed E-state index contributed by atoms with van der Waals surface area (Å²) in [7, 11) is 0. The summed E-state index contributed by atoms with van der Waals surface area (Å²) in [6.45, 7) is 0.332. The summed E-state index contributed by atoms with van der Waals surface area (Å²) in [5.74, 6) is 0. The van der Waals surface area contributed by atoms with E-state index in [9.17, 15) is 4.79 Å². The third-order valence-electron chi connectivity index (χ3n) is 1.41. The molecule has 0 saturated carbocycles. The Morgan fingerprint density at radius 2 is 1.92 bits per heavy atom. The van der Waals surface area contributed by atoms with E-state index in [1.165, 1.54) is 0 Å². The van der Waals surface area contributed by atoms with Crippen molar-refractivity contribution in [3.63, 3.8) is 0 Å². The lowest BCUT2D eigenvalue weighted by molar-refractivity contribution is 0.172. The molecule has 3 heteroatoms. The maximum Gasteiger partial charge on any atom is 0.355 e. The lowest BCUT2D eigenvalue weighted by Crippen LogP contribution is -1.95. The first-order valence-electron chi connectivity index (χ1n) is 3.68. The molecule has 13 heavy (non-hydrogen) atoms. The number of halogens is 1. The minimum atomic E-state index is -1.92. The van der Waals surface area contributed by atoms with E-state index < -0.39 is 18.9 Å². The van der Waals surface area contributed by atoms with Gasteiger partial charge in [-0.3, -0.25) is 0 Å². The lowest BCUT2D eigenvalue weighted by Gasteiger charge is -2.01. The zero-order valence-corrected chi connectivity index (χ0v) is 9.36. The van der Waals surface area contributed by atoms with Gasteiger partial charge in [-0.25, -0.2) is 4.79 Å². The van der Waals surface area contributed by atoms with E-state index in [2.05, 4.69) is 9.03 Å². The number of carbonyl (C=O) groups is 1. The highest BCUT2D eigenvalue weighted by Gasteiger charge is 1.97. The minimum absolute atomic E-state index is 0.215. The molecule has 0 unspecified atom stereocenters. The van der Waals surface area contributed by atoms with Gasteiger partial charge in [0, 0.05) is 0 Å². The second kappa shape index (κ2) is 5.01. The number of carbonyl (C=O) groups excluding carboxylic acids is 1. The molecule has 1 rings (SSSR count). The SMILES string of the molecule is C=I(=C)C(=O)OCc1ccccc1. The van der Waals surface area contributed by atoms with E-state index in [-0.39, 0.29) is 3.98 Å². The molecule has 70 valence electrons. The molecular formula is C10H11IO2. The normalized spacial score (nSPS) is 9.92. The van der Waals surface area contributed by atoms with Crippen molar-refractivity contribution in [2.24, 2.45) is 0 Å². The summed E-state index contributed by atoms with van der Waals surface area (Å²) < 4.78 is 12.0. The summed E-state index contributed by atoms with van der Waals surface area (Å²) in [5, 5.41) is 0. The molecule has 0 spiro atoms. The van der Waals surface area contributed by atoms with Crippen LogP contribution in [0.2, 0.25) is 0 Å². The predicted molar refractivity (Wildman–Crippen MR) is 64.9 cm³/mol. The first kappa shape index (κ1) is 10.2. The molecule has 0 radical (unpaired) electrons. The largest absolute Gasteiger partial charge is 0.454 e. The number of ether oxygens (including phenoxy) is 1. The Morgan fingerprint density at radius 3 is 2.46 bits per heavy atom. The predicted octanol–water partition coefficient (Wildman–Crippen LogP) is 2.69. The number of hydrogen-bond donors (Lipinski definition) is 0. The van der Waals surface area contributed by atoms with Crippen LogP contribution in [0.15, 0.2) is 30.3 Å². The summed E-state index contributed by atoms with van der Waals surface area (Å²) in [6.07, 6.45) is 0. The van der Waals surface area contributed by atoms with Gasteiger partial charge in [-0.2, -0.15) is 0 Å². The van der Waals surface area contributed by atoms with Crippen LogP contribution >= 0.6 is 18.9 Å². The molecule has 0 heterocycles. The first-order chi connectivity index (χ1) is 6.20. The van der Waals surface area contributed by atoms with Gasteiger partial charge < -0.3 is 4.74 Å². The Kier molecular flexibility index (Phi) is 3.95. The molecule has 0 aliphatic heterocycles. The molecule has 0 fully saturated rings. The molecule has 0 atom stereocenters. The highest BCUT2D eigenvalue weighted by atomic mass is 127. The monoisotopic (exact) mass is 290 g/mol. The Bertz CT molecular complexity index is 344. The van der Waals surface area contributed by atoms with Gasteiger partial charge in [-0.15, -0.1) is 0 Å².